The summed E-state index contributed by atoms with van der Waals surface area (Å²) < 4.78 is 0. The third-order valence-electron chi connectivity index (χ3n) is 2.33. The summed E-state index contributed by atoms with van der Waals surface area (Å²) in [4.78, 5) is 12.3. The molecule has 0 aliphatic carbocycles. The van der Waals surface area contributed by atoms with E-state index >= 15 is 0 Å². The van der Waals surface area contributed by atoms with Crippen molar-refractivity contribution in [3.05, 3.63) is 30.1 Å². The van der Waals surface area contributed by atoms with Crippen molar-refractivity contribution in [2.45, 2.75) is 6.92 Å². The number of aryl methyl sites for hydroxylation is 1. The Balaban J connectivity index is 2.35. The average molecular weight is 245 g/mol. The quantitative estimate of drug-likeness (QED) is 0.738. The van der Waals surface area contributed by atoms with Crippen molar-refractivity contribution < 1.29 is 5.11 Å². The van der Waals surface area contributed by atoms with Crippen molar-refractivity contribution in [2.24, 2.45) is 0 Å². The molecule has 0 saturated carbocycles. The smallest absolute Gasteiger partial charge is 0.222 e. The zero-order valence-electron chi connectivity index (χ0n) is 10.1. The van der Waals surface area contributed by atoms with Gasteiger partial charge in [0.05, 0.1) is 12.3 Å². The molecule has 0 fully saturated rings. The lowest BCUT2D eigenvalue weighted by Gasteiger charge is -2.07. The van der Waals surface area contributed by atoms with Crippen molar-refractivity contribution in [3.63, 3.8) is 0 Å². The number of aliphatic hydroxyl groups excluding tert-OH is 1. The number of nitrogens with two attached hydrogens (primary N) is 1. The molecule has 2 aromatic rings. The summed E-state index contributed by atoms with van der Waals surface area (Å²) in [5, 5.41) is 11.7. The van der Waals surface area contributed by atoms with Gasteiger partial charge in [-0.1, -0.05) is 0 Å². The molecular weight excluding hydrogens is 230 g/mol. The standard InChI is InChI=1S/C12H15N5O/c1-8-4-9(7-14-6-8)10-5-11(15-2-3-18)17-12(13)16-10/h4-7,18H,2-3H2,1H3,(H3,13,15,16,17). The van der Waals surface area contributed by atoms with Gasteiger partial charge < -0.3 is 16.2 Å². The summed E-state index contributed by atoms with van der Waals surface area (Å²) >= 11 is 0. The van der Waals surface area contributed by atoms with E-state index in [-0.39, 0.29) is 12.6 Å². The maximum Gasteiger partial charge on any atom is 0.222 e. The molecule has 0 spiro atoms. The van der Waals surface area contributed by atoms with Gasteiger partial charge in [-0.15, -0.1) is 0 Å². The second kappa shape index (κ2) is 5.42. The molecule has 0 saturated heterocycles. The molecule has 2 rings (SSSR count). The monoisotopic (exact) mass is 245 g/mol. The van der Waals surface area contributed by atoms with Crippen LogP contribution in [0.1, 0.15) is 5.56 Å². The second-order valence-corrected chi connectivity index (χ2v) is 3.90. The molecule has 18 heavy (non-hydrogen) atoms. The molecule has 0 unspecified atom stereocenters. The van der Waals surface area contributed by atoms with E-state index in [9.17, 15) is 0 Å². The SMILES string of the molecule is Cc1cncc(-c2cc(NCCO)nc(N)n2)c1. The number of hydrogen-bond donors (Lipinski definition) is 3. The molecule has 0 radical (unpaired) electrons. The number of anilines is 2. The molecule has 2 heterocycles. The average Bonchev–Trinajstić information content (AvgIpc) is 2.36. The van der Waals surface area contributed by atoms with Gasteiger partial charge in [0.1, 0.15) is 5.82 Å². The lowest BCUT2D eigenvalue weighted by Crippen LogP contribution is -2.09. The number of nitrogens with zero attached hydrogens (tertiary/aromatic N) is 3. The minimum atomic E-state index is 0.0330. The van der Waals surface area contributed by atoms with Crippen molar-refractivity contribution in [1.82, 2.24) is 15.0 Å². The predicted molar refractivity (Wildman–Crippen MR) is 70.0 cm³/mol. The fourth-order valence-electron chi connectivity index (χ4n) is 1.58. The molecule has 0 aliphatic heterocycles. The number of nitrogen functional groups attached to an aromatic ring is 1. The summed E-state index contributed by atoms with van der Waals surface area (Å²) in [7, 11) is 0. The van der Waals surface area contributed by atoms with Crippen LogP contribution in [0.4, 0.5) is 11.8 Å². The van der Waals surface area contributed by atoms with Gasteiger partial charge in [0.25, 0.3) is 0 Å². The van der Waals surface area contributed by atoms with Gasteiger partial charge in [-0.05, 0) is 18.6 Å². The second-order valence-electron chi connectivity index (χ2n) is 3.90. The summed E-state index contributed by atoms with van der Waals surface area (Å²) in [6.45, 7) is 2.42. The summed E-state index contributed by atoms with van der Waals surface area (Å²) in [5.41, 5.74) is 8.30. The first-order valence-electron chi connectivity index (χ1n) is 5.60. The molecule has 0 aromatic carbocycles. The maximum atomic E-state index is 8.77. The van der Waals surface area contributed by atoms with Crippen LogP contribution < -0.4 is 11.1 Å². The first-order valence-corrected chi connectivity index (χ1v) is 5.60. The summed E-state index contributed by atoms with van der Waals surface area (Å²) in [6, 6.07) is 3.76. The van der Waals surface area contributed by atoms with E-state index in [1.807, 2.05) is 13.0 Å². The van der Waals surface area contributed by atoms with Gasteiger partial charge in [-0.3, -0.25) is 4.98 Å². The first-order chi connectivity index (χ1) is 8.69. The van der Waals surface area contributed by atoms with E-state index in [0.29, 0.717) is 18.1 Å². The number of aromatic nitrogens is 3. The third kappa shape index (κ3) is 2.92. The van der Waals surface area contributed by atoms with Crippen molar-refractivity contribution in [2.75, 3.05) is 24.2 Å². The fourth-order valence-corrected chi connectivity index (χ4v) is 1.58. The Labute approximate surface area is 105 Å². The fraction of sp³-hybridized carbons (Fsp3) is 0.250. The number of hydrogen-bond acceptors (Lipinski definition) is 6. The Bertz CT molecular complexity index is 544. The van der Waals surface area contributed by atoms with E-state index in [1.54, 1.807) is 18.5 Å². The van der Waals surface area contributed by atoms with Crippen LogP contribution in [0.5, 0.6) is 0 Å². The van der Waals surface area contributed by atoms with Crippen LogP contribution in [0.2, 0.25) is 0 Å². The molecule has 0 amide bonds. The van der Waals surface area contributed by atoms with Crippen LogP contribution in [0, 0.1) is 6.92 Å². The van der Waals surface area contributed by atoms with Crippen LogP contribution in [0.15, 0.2) is 24.5 Å². The predicted octanol–water partition coefficient (Wildman–Crippen LogP) is 0.833. The van der Waals surface area contributed by atoms with E-state index in [0.717, 1.165) is 11.1 Å². The molecule has 0 atom stereocenters. The van der Waals surface area contributed by atoms with Crippen molar-refractivity contribution in [3.8, 4) is 11.3 Å². The Hall–Kier alpha value is -2.21. The number of rotatable bonds is 4. The molecule has 6 nitrogen and oxygen atoms in total. The highest BCUT2D eigenvalue weighted by Gasteiger charge is 2.05. The van der Waals surface area contributed by atoms with Crippen LogP contribution in [0.25, 0.3) is 11.3 Å². The van der Waals surface area contributed by atoms with Gasteiger partial charge in [0.15, 0.2) is 0 Å². The number of pyridine rings is 1. The Kier molecular flexibility index (Phi) is 3.69. The third-order valence-corrected chi connectivity index (χ3v) is 2.33. The van der Waals surface area contributed by atoms with Crippen LogP contribution in [0.3, 0.4) is 0 Å². The van der Waals surface area contributed by atoms with Crippen LogP contribution >= 0.6 is 0 Å². The van der Waals surface area contributed by atoms with Gasteiger partial charge in [0.2, 0.25) is 5.95 Å². The Morgan fingerprint density at radius 1 is 1.28 bits per heavy atom. The largest absolute Gasteiger partial charge is 0.395 e. The van der Waals surface area contributed by atoms with Crippen molar-refractivity contribution in [1.29, 1.82) is 0 Å². The molecular formula is C12H15N5O. The maximum absolute atomic E-state index is 8.77. The summed E-state index contributed by atoms with van der Waals surface area (Å²) in [5.74, 6) is 0.780. The molecule has 6 heteroatoms. The highest BCUT2D eigenvalue weighted by molar-refractivity contribution is 5.63. The highest BCUT2D eigenvalue weighted by Crippen LogP contribution is 2.20. The van der Waals surface area contributed by atoms with Gasteiger partial charge in [-0.25, -0.2) is 4.98 Å². The zero-order valence-corrected chi connectivity index (χ0v) is 10.1. The highest BCUT2D eigenvalue weighted by atomic mass is 16.3. The zero-order chi connectivity index (χ0) is 13.0. The lowest BCUT2D eigenvalue weighted by molar-refractivity contribution is 0.311. The minimum absolute atomic E-state index is 0.0330. The molecule has 4 N–H and O–H groups in total. The Morgan fingerprint density at radius 2 is 2.11 bits per heavy atom. The topological polar surface area (TPSA) is 97.0 Å². The lowest BCUT2D eigenvalue weighted by atomic mass is 10.1. The van der Waals surface area contributed by atoms with Gasteiger partial charge in [0, 0.05) is 30.6 Å². The van der Waals surface area contributed by atoms with Crippen molar-refractivity contribution >= 4 is 11.8 Å². The van der Waals surface area contributed by atoms with E-state index in [4.69, 9.17) is 10.8 Å². The minimum Gasteiger partial charge on any atom is -0.395 e. The number of aliphatic hydroxyl groups is 1. The van der Waals surface area contributed by atoms with E-state index in [1.165, 1.54) is 0 Å². The summed E-state index contributed by atoms with van der Waals surface area (Å²) in [6.07, 6.45) is 3.50. The molecule has 0 bridgehead atoms. The van der Waals surface area contributed by atoms with Gasteiger partial charge >= 0.3 is 0 Å². The van der Waals surface area contributed by atoms with Gasteiger partial charge in [-0.2, -0.15) is 4.98 Å². The van der Waals surface area contributed by atoms with Crippen LogP contribution in [-0.4, -0.2) is 33.2 Å². The molecule has 2 aromatic heterocycles. The van der Waals surface area contributed by atoms with E-state index < -0.39 is 0 Å². The van der Waals surface area contributed by atoms with E-state index in [2.05, 4.69) is 20.3 Å². The molecule has 94 valence electrons. The number of nitrogens with one attached hydrogen (secondary N) is 1. The van der Waals surface area contributed by atoms with Crippen LogP contribution in [-0.2, 0) is 0 Å². The Morgan fingerprint density at radius 3 is 2.83 bits per heavy atom. The molecule has 0 aliphatic rings. The first kappa shape index (κ1) is 12.3. The normalized spacial score (nSPS) is 10.3.